The van der Waals surface area contributed by atoms with Gasteiger partial charge in [0, 0.05) is 11.6 Å². The number of amides is 3. The predicted molar refractivity (Wildman–Crippen MR) is 120 cm³/mol. The zero-order chi connectivity index (χ0) is 24.9. The zero-order valence-electron chi connectivity index (χ0n) is 17.9. The van der Waals surface area contributed by atoms with Crippen LogP contribution in [-0.2, 0) is 10.0 Å². The third-order valence-corrected chi connectivity index (χ3v) is 5.87. The lowest BCUT2D eigenvalue weighted by atomic mass is 10.2. The molecular formula is C22H19F2N3O6S. The second-order valence-electron chi connectivity index (χ2n) is 6.70. The number of ether oxygens (including phenoxy) is 2. The van der Waals surface area contributed by atoms with Crippen molar-refractivity contribution >= 4 is 33.3 Å². The second kappa shape index (κ2) is 10.2. The van der Waals surface area contributed by atoms with Crippen LogP contribution >= 0.6 is 0 Å². The molecule has 0 radical (unpaired) electrons. The summed E-state index contributed by atoms with van der Waals surface area (Å²) in [6.45, 7) is 0. The van der Waals surface area contributed by atoms with Crippen LogP contribution < -0.4 is 24.8 Å². The summed E-state index contributed by atoms with van der Waals surface area (Å²) >= 11 is 0. The fourth-order valence-corrected chi connectivity index (χ4v) is 4.02. The van der Waals surface area contributed by atoms with Gasteiger partial charge in [-0.1, -0.05) is 12.1 Å². The maximum Gasteiger partial charge on any atom is 0.323 e. The number of carbonyl (C=O) groups is 2. The normalized spacial score (nSPS) is 10.8. The van der Waals surface area contributed by atoms with E-state index in [-0.39, 0.29) is 22.7 Å². The molecule has 3 N–H and O–H groups in total. The molecule has 0 aliphatic rings. The van der Waals surface area contributed by atoms with Crippen molar-refractivity contribution in [1.29, 1.82) is 0 Å². The van der Waals surface area contributed by atoms with Crippen LogP contribution in [0.3, 0.4) is 0 Å². The van der Waals surface area contributed by atoms with Gasteiger partial charge in [0.1, 0.15) is 16.5 Å². The van der Waals surface area contributed by atoms with E-state index in [1.165, 1.54) is 50.6 Å². The highest BCUT2D eigenvalue weighted by molar-refractivity contribution is 7.90. The number of benzene rings is 3. The lowest BCUT2D eigenvalue weighted by molar-refractivity contribution is 0.0981. The van der Waals surface area contributed by atoms with Crippen molar-refractivity contribution in [1.82, 2.24) is 4.72 Å². The highest BCUT2D eigenvalue weighted by Gasteiger charge is 2.23. The van der Waals surface area contributed by atoms with E-state index < -0.39 is 38.5 Å². The third kappa shape index (κ3) is 5.59. The fraction of sp³-hybridized carbons (Fsp3) is 0.0909. The van der Waals surface area contributed by atoms with E-state index in [2.05, 4.69) is 10.6 Å². The molecule has 3 rings (SSSR count). The molecule has 12 heteroatoms. The summed E-state index contributed by atoms with van der Waals surface area (Å²) in [5, 5.41) is 4.43. The molecule has 0 aromatic heterocycles. The Bertz CT molecular complexity index is 1350. The van der Waals surface area contributed by atoms with Crippen LogP contribution in [0, 0.1) is 11.6 Å². The van der Waals surface area contributed by atoms with E-state index in [1.807, 2.05) is 4.72 Å². The van der Waals surface area contributed by atoms with Gasteiger partial charge in [0.05, 0.1) is 25.6 Å². The summed E-state index contributed by atoms with van der Waals surface area (Å²) in [6.07, 6.45) is 0. The summed E-state index contributed by atoms with van der Waals surface area (Å²) in [6, 6.07) is 10.9. The van der Waals surface area contributed by atoms with Crippen molar-refractivity contribution in [2.24, 2.45) is 0 Å². The molecule has 178 valence electrons. The highest BCUT2D eigenvalue weighted by Crippen LogP contribution is 2.28. The number of nitrogens with one attached hydrogen (secondary N) is 3. The van der Waals surface area contributed by atoms with Crippen LogP contribution in [0.5, 0.6) is 11.5 Å². The van der Waals surface area contributed by atoms with Crippen molar-refractivity contribution in [3.05, 3.63) is 77.9 Å². The Morgan fingerprint density at radius 1 is 0.824 bits per heavy atom. The Kier molecular flexibility index (Phi) is 7.31. The Hall–Kier alpha value is -4.19. The van der Waals surface area contributed by atoms with Gasteiger partial charge in [0.15, 0.2) is 11.5 Å². The van der Waals surface area contributed by atoms with E-state index in [0.717, 1.165) is 18.2 Å². The molecule has 3 aromatic rings. The van der Waals surface area contributed by atoms with Crippen LogP contribution in [0.2, 0.25) is 0 Å². The first-order chi connectivity index (χ1) is 16.1. The van der Waals surface area contributed by atoms with Crippen LogP contribution in [0.25, 0.3) is 0 Å². The number of hydrogen-bond donors (Lipinski definition) is 3. The Balaban J connectivity index is 1.80. The van der Waals surface area contributed by atoms with Crippen molar-refractivity contribution in [2.75, 3.05) is 24.9 Å². The van der Waals surface area contributed by atoms with Crippen LogP contribution in [0.1, 0.15) is 10.4 Å². The minimum absolute atomic E-state index is 0.0174. The molecule has 34 heavy (non-hydrogen) atoms. The van der Waals surface area contributed by atoms with Crippen LogP contribution in [0.15, 0.2) is 65.6 Å². The molecule has 0 saturated carbocycles. The van der Waals surface area contributed by atoms with Gasteiger partial charge in [0.2, 0.25) is 0 Å². The Morgan fingerprint density at radius 2 is 1.50 bits per heavy atom. The number of rotatable bonds is 7. The fourth-order valence-electron chi connectivity index (χ4n) is 2.88. The van der Waals surface area contributed by atoms with Gasteiger partial charge in [-0.15, -0.1) is 0 Å². The largest absolute Gasteiger partial charge is 0.493 e. The quantitative estimate of drug-likeness (QED) is 0.463. The van der Waals surface area contributed by atoms with Gasteiger partial charge in [0.25, 0.3) is 15.9 Å². The number of methoxy groups -OCH3 is 2. The van der Waals surface area contributed by atoms with E-state index in [1.54, 1.807) is 0 Å². The number of carbonyl (C=O) groups excluding carboxylic acids is 2. The number of sulfonamides is 1. The molecular weight excluding hydrogens is 472 g/mol. The van der Waals surface area contributed by atoms with Crippen molar-refractivity contribution in [3.63, 3.8) is 0 Å². The van der Waals surface area contributed by atoms with Crippen LogP contribution in [-0.4, -0.2) is 34.6 Å². The Morgan fingerprint density at radius 3 is 2.18 bits per heavy atom. The van der Waals surface area contributed by atoms with Crippen LogP contribution in [0.4, 0.5) is 25.0 Å². The predicted octanol–water partition coefficient (Wildman–Crippen LogP) is 3.74. The second-order valence-corrected chi connectivity index (χ2v) is 8.35. The van der Waals surface area contributed by atoms with Gasteiger partial charge in [-0.25, -0.2) is 26.7 Å². The average Bonchev–Trinajstić information content (AvgIpc) is 2.80. The van der Waals surface area contributed by atoms with Crippen molar-refractivity contribution in [3.8, 4) is 11.5 Å². The van der Waals surface area contributed by atoms with Gasteiger partial charge in [-0.2, -0.15) is 0 Å². The topological polar surface area (TPSA) is 123 Å². The van der Waals surface area contributed by atoms with E-state index in [4.69, 9.17) is 9.47 Å². The highest BCUT2D eigenvalue weighted by atomic mass is 32.2. The number of anilines is 2. The zero-order valence-corrected chi connectivity index (χ0v) is 18.7. The summed E-state index contributed by atoms with van der Waals surface area (Å²) in [7, 11) is -1.67. The molecule has 0 bridgehead atoms. The first-order valence-corrected chi connectivity index (χ1v) is 11.0. The minimum Gasteiger partial charge on any atom is -0.493 e. The molecule has 0 fully saturated rings. The van der Waals surface area contributed by atoms with E-state index in [9.17, 15) is 26.8 Å². The standard InChI is InChI=1S/C22H19F2N3O6S/c1-32-18-10-7-13(11-19(18)33-2)21(28)27-34(30,31)20-6-4-3-5-17(20)26-22(29)25-16-9-8-14(23)12-15(16)24/h3-12H,1-2H3,(H,27,28)(H2,25,26,29). The Labute approximate surface area is 193 Å². The molecule has 9 nitrogen and oxygen atoms in total. The minimum atomic E-state index is -4.44. The molecule has 0 atom stereocenters. The number of hydrogen-bond acceptors (Lipinski definition) is 6. The first-order valence-electron chi connectivity index (χ1n) is 9.56. The number of para-hydroxylation sites is 1. The summed E-state index contributed by atoms with van der Waals surface area (Å²) < 4.78 is 64.7. The van der Waals surface area contributed by atoms with Gasteiger partial charge >= 0.3 is 6.03 Å². The molecule has 3 aromatic carbocycles. The molecule has 0 heterocycles. The van der Waals surface area contributed by atoms with E-state index in [0.29, 0.717) is 11.8 Å². The smallest absolute Gasteiger partial charge is 0.323 e. The van der Waals surface area contributed by atoms with Gasteiger partial charge in [-0.3, -0.25) is 4.79 Å². The SMILES string of the molecule is COc1ccc(C(=O)NS(=O)(=O)c2ccccc2NC(=O)Nc2ccc(F)cc2F)cc1OC. The molecule has 0 aliphatic carbocycles. The monoisotopic (exact) mass is 491 g/mol. The third-order valence-electron chi connectivity index (χ3n) is 4.48. The maximum atomic E-state index is 13.8. The molecule has 0 aliphatic heterocycles. The number of halogens is 2. The lowest BCUT2D eigenvalue weighted by Crippen LogP contribution is -2.31. The van der Waals surface area contributed by atoms with E-state index >= 15 is 0 Å². The summed E-state index contributed by atoms with van der Waals surface area (Å²) in [5.74, 6) is -2.23. The number of urea groups is 1. The molecule has 0 spiro atoms. The average molecular weight is 491 g/mol. The molecule has 0 unspecified atom stereocenters. The van der Waals surface area contributed by atoms with Gasteiger partial charge in [-0.05, 0) is 42.5 Å². The molecule has 3 amide bonds. The summed E-state index contributed by atoms with van der Waals surface area (Å²) in [4.78, 5) is 24.4. The van der Waals surface area contributed by atoms with Crippen molar-refractivity contribution < 1.29 is 36.3 Å². The lowest BCUT2D eigenvalue weighted by Gasteiger charge is -2.14. The van der Waals surface area contributed by atoms with Gasteiger partial charge < -0.3 is 20.1 Å². The maximum absolute atomic E-state index is 13.8. The van der Waals surface area contributed by atoms with Crippen molar-refractivity contribution in [2.45, 2.75) is 4.90 Å². The first kappa shape index (κ1) is 24.5. The molecule has 0 saturated heterocycles. The summed E-state index contributed by atoms with van der Waals surface area (Å²) in [5.41, 5.74) is -0.521.